The van der Waals surface area contributed by atoms with Gasteiger partial charge in [-0.25, -0.2) is 0 Å². The molecule has 2 aliphatic heterocycles. The van der Waals surface area contributed by atoms with Gasteiger partial charge in [0, 0.05) is 5.50 Å². The summed E-state index contributed by atoms with van der Waals surface area (Å²) in [6.45, 7) is 6.18. The first-order chi connectivity index (χ1) is 6.03. The number of aliphatic hydroxyl groups is 1. The standard InChI is InChI=1S/C9H16BO3/c1-5-7-8(6(4-11)12-5)13-9(2,3)10-7/h5-8,11H,4H2,1-3H3/t5-,6+,7-,8+/m0/s1. The summed E-state index contributed by atoms with van der Waals surface area (Å²) in [6, 6.07) is 0. The van der Waals surface area contributed by atoms with Gasteiger partial charge >= 0.3 is 0 Å². The van der Waals surface area contributed by atoms with E-state index in [2.05, 4.69) is 7.28 Å². The molecule has 0 amide bonds. The van der Waals surface area contributed by atoms with E-state index >= 15 is 0 Å². The lowest BCUT2D eigenvalue weighted by molar-refractivity contribution is -0.0701. The van der Waals surface area contributed by atoms with E-state index in [4.69, 9.17) is 14.6 Å². The highest BCUT2D eigenvalue weighted by molar-refractivity contribution is 6.43. The SMILES string of the molecule is C[C@@H]1O[C@H](CO)[C@H]2OC(C)(C)[B][C@H]21. The Morgan fingerprint density at radius 3 is 2.77 bits per heavy atom. The van der Waals surface area contributed by atoms with Crippen molar-refractivity contribution in [2.45, 2.75) is 50.4 Å². The minimum Gasteiger partial charge on any atom is -0.394 e. The molecule has 0 aromatic rings. The lowest BCUT2D eigenvalue weighted by atomic mass is 9.53. The number of fused-ring (bicyclic) bond motifs is 1. The van der Waals surface area contributed by atoms with Crippen LogP contribution in [-0.4, -0.2) is 42.8 Å². The fraction of sp³-hybridized carbons (Fsp3) is 1.00. The van der Waals surface area contributed by atoms with Gasteiger partial charge in [-0.15, -0.1) is 0 Å². The molecule has 2 heterocycles. The molecule has 0 saturated carbocycles. The second-order valence-corrected chi connectivity index (χ2v) is 4.49. The molecule has 73 valence electrons. The van der Waals surface area contributed by atoms with Gasteiger partial charge in [0.1, 0.15) is 6.10 Å². The molecule has 4 atom stereocenters. The number of rotatable bonds is 1. The largest absolute Gasteiger partial charge is 0.394 e. The molecule has 2 saturated heterocycles. The normalized spacial score (nSPS) is 47.4. The predicted molar refractivity (Wildman–Crippen MR) is 49.9 cm³/mol. The summed E-state index contributed by atoms with van der Waals surface area (Å²) in [5.74, 6) is 0.340. The van der Waals surface area contributed by atoms with E-state index in [-0.39, 0.29) is 30.4 Å². The Bertz CT molecular complexity index is 207. The zero-order chi connectivity index (χ0) is 9.64. The fourth-order valence-electron chi connectivity index (χ4n) is 2.34. The summed E-state index contributed by atoms with van der Waals surface area (Å²) in [4.78, 5) is 0. The Morgan fingerprint density at radius 1 is 1.46 bits per heavy atom. The van der Waals surface area contributed by atoms with Gasteiger partial charge < -0.3 is 14.6 Å². The Hall–Kier alpha value is -0.0551. The van der Waals surface area contributed by atoms with Crippen molar-refractivity contribution in [3.05, 3.63) is 0 Å². The number of hydrogen-bond acceptors (Lipinski definition) is 3. The van der Waals surface area contributed by atoms with Crippen LogP contribution < -0.4 is 0 Å². The Morgan fingerprint density at radius 2 is 2.15 bits per heavy atom. The minimum absolute atomic E-state index is 0.0509. The molecule has 0 bridgehead atoms. The first-order valence-corrected chi connectivity index (χ1v) is 4.84. The molecule has 2 rings (SSSR count). The van der Waals surface area contributed by atoms with Crippen LogP contribution in [0.2, 0.25) is 5.82 Å². The number of aliphatic hydroxyl groups excluding tert-OH is 1. The molecule has 1 N–H and O–H groups in total. The number of ether oxygens (including phenoxy) is 2. The lowest BCUT2D eigenvalue weighted by Gasteiger charge is -2.23. The third-order valence-electron chi connectivity index (χ3n) is 2.89. The van der Waals surface area contributed by atoms with Gasteiger partial charge in [-0.1, -0.05) is 0 Å². The minimum atomic E-state index is -0.166. The molecule has 2 aliphatic rings. The average molecular weight is 183 g/mol. The number of hydrogen-bond donors (Lipinski definition) is 1. The van der Waals surface area contributed by atoms with E-state index < -0.39 is 0 Å². The molecule has 0 aromatic carbocycles. The molecule has 0 unspecified atom stereocenters. The van der Waals surface area contributed by atoms with Gasteiger partial charge in [-0.3, -0.25) is 0 Å². The van der Waals surface area contributed by atoms with Gasteiger partial charge in [-0.2, -0.15) is 0 Å². The van der Waals surface area contributed by atoms with Gasteiger partial charge in [0.25, 0.3) is 0 Å². The molecular formula is C9H16BO3. The fourth-order valence-corrected chi connectivity index (χ4v) is 2.34. The monoisotopic (exact) mass is 183 g/mol. The zero-order valence-corrected chi connectivity index (χ0v) is 8.36. The topological polar surface area (TPSA) is 38.7 Å². The van der Waals surface area contributed by atoms with Crippen molar-refractivity contribution in [3.63, 3.8) is 0 Å². The molecule has 2 fully saturated rings. The maximum absolute atomic E-state index is 9.08. The first-order valence-electron chi connectivity index (χ1n) is 4.84. The smallest absolute Gasteiger partial charge is 0.163 e. The van der Waals surface area contributed by atoms with Crippen molar-refractivity contribution < 1.29 is 14.6 Å². The highest BCUT2D eigenvalue weighted by Gasteiger charge is 2.52. The van der Waals surface area contributed by atoms with Crippen LogP contribution in [0.3, 0.4) is 0 Å². The summed E-state index contributed by atoms with van der Waals surface area (Å²) in [5.41, 5.74) is -0.166. The molecule has 0 aliphatic carbocycles. The van der Waals surface area contributed by atoms with Crippen molar-refractivity contribution in [1.29, 1.82) is 0 Å². The second-order valence-electron chi connectivity index (χ2n) is 4.49. The molecule has 4 heteroatoms. The summed E-state index contributed by atoms with van der Waals surface area (Å²) in [7, 11) is 2.19. The Labute approximate surface area is 79.7 Å². The highest BCUT2D eigenvalue weighted by Crippen LogP contribution is 2.42. The molecule has 1 radical (unpaired) electrons. The quantitative estimate of drug-likeness (QED) is 0.597. The van der Waals surface area contributed by atoms with Crippen LogP contribution in [0.5, 0.6) is 0 Å². The molecule has 0 spiro atoms. The van der Waals surface area contributed by atoms with Crippen LogP contribution in [0, 0.1) is 0 Å². The van der Waals surface area contributed by atoms with Crippen LogP contribution in [0.1, 0.15) is 20.8 Å². The average Bonchev–Trinajstić information content (AvgIpc) is 2.47. The van der Waals surface area contributed by atoms with Crippen LogP contribution in [0.4, 0.5) is 0 Å². The summed E-state index contributed by atoms with van der Waals surface area (Å²) >= 11 is 0. The summed E-state index contributed by atoms with van der Waals surface area (Å²) in [6.07, 6.45) is 0.0805. The van der Waals surface area contributed by atoms with E-state index in [1.165, 1.54) is 0 Å². The highest BCUT2D eigenvalue weighted by atomic mass is 16.6. The summed E-state index contributed by atoms with van der Waals surface area (Å²) < 4.78 is 11.4. The Balaban J connectivity index is 2.12. The maximum atomic E-state index is 9.08. The molecule has 3 nitrogen and oxygen atoms in total. The van der Waals surface area contributed by atoms with Crippen molar-refractivity contribution >= 4 is 7.28 Å². The predicted octanol–water partition coefficient (Wildman–Crippen LogP) is 0.394. The van der Waals surface area contributed by atoms with E-state index in [9.17, 15) is 0 Å². The zero-order valence-electron chi connectivity index (χ0n) is 8.36. The van der Waals surface area contributed by atoms with Gasteiger partial charge in [0.05, 0.1) is 18.8 Å². The molecule has 0 aromatic heterocycles. The summed E-state index contributed by atoms with van der Waals surface area (Å²) in [5, 5.41) is 9.08. The second kappa shape index (κ2) is 2.97. The van der Waals surface area contributed by atoms with E-state index in [0.29, 0.717) is 5.82 Å². The van der Waals surface area contributed by atoms with E-state index in [1.807, 2.05) is 20.8 Å². The molecular weight excluding hydrogens is 167 g/mol. The third kappa shape index (κ3) is 1.51. The van der Waals surface area contributed by atoms with Crippen LogP contribution in [0.15, 0.2) is 0 Å². The van der Waals surface area contributed by atoms with Gasteiger partial charge in [0.2, 0.25) is 0 Å². The maximum Gasteiger partial charge on any atom is 0.163 e. The van der Waals surface area contributed by atoms with Crippen LogP contribution >= 0.6 is 0 Å². The Kier molecular flexibility index (Phi) is 2.17. The van der Waals surface area contributed by atoms with Crippen molar-refractivity contribution in [1.82, 2.24) is 0 Å². The van der Waals surface area contributed by atoms with Crippen LogP contribution in [0.25, 0.3) is 0 Å². The van der Waals surface area contributed by atoms with Crippen molar-refractivity contribution in [3.8, 4) is 0 Å². The first kappa shape index (κ1) is 9.50. The van der Waals surface area contributed by atoms with E-state index in [0.717, 1.165) is 0 Å². The third-order valence-corrected chi connectivity index (χ3v) is 2.89. The molecule has 13 heavy (non-hydrogen) atoms. The van der Waals surface area contributed by atoms with Crippen LogP contribution in [-0.2, 0) is 9.47 Å². The van der Waals surface area contributed by atoms with E-state index in [1.54, 1.807) is 0 Å². The van der Waals surface area contributed by atoms with Gasteiger partial charge in [0.15, 0.2) is 7.28 Å². The van der Waals surface area contributed by atoms with Gasteiger partial charge in [-0.05, 0) is 26.6 Å². The lowest BCUT2D eigenvalue weighted by Crippen LogP contribution is -2.32. The van der Waals surface area contributed by atoms with Crippen molar-refractivity contribution in [2.24, 2.45) is 0 Å². The van der Waals surface area contributed by atoms with Crippen molar-refractivity contribution in [2.75, 3.05) is 6.61 Å².